The quantitative estimate of drug-likeness (QED) is 0.375. The van der Waals surface area contributed by atoms with Crippen molar-refractivity contribution < 1.29 is 19.1 Å². The van der Waals surface area contributed by atoms with Gasteiger partial charge in [0.05, 0.1) is 6.42 Å². The zero-order valence-electron chi connectivity index (χ0n) is 8.65. The highest BCUT2D eigenvalue weighted by Crippen LogP contribution is 2.39. The van der Waals surface area contributed by atoms with Crippen molar-refractivity contribution in [3.8, 4) is 5.75 Å². The Balaban J connectivity index is 2.21. The predicted octanol–water partition coefficient (Wildman–Crippen LogP) is 0.0304. The van der Waals surface area contributed by atoms with Crippen molar-refractivity contribution >= 4 is 17.9 Å². The molecule has 0 aromatic heterocycles. The Kier molecular flexibility index (Phi) is 1.77. The molecule has 2 heterocycles. The number of carbonyl (C=O) groups is 3. The van der Waals surface area contributed by atoms with E-state index >= 15 is 0 Å². The van der Waals surface area contributed by atoms with Crippen LogP contribution in [0.4, 0.5) is 4.79 Å². The molecule has 86 valence electrons. The molecule has 6 heteroatoms. The van der Waals surface area contributed by atoms with Gasteiger partial charge in [-0.05, 0) is 6.07 Å². The summed E-state index contributed by atoms with van der Waals surface area (Å²) in [5.41, 5.74) is -0.814. The summed E-state index contributed by atoms with van der Waals surface area (Å²) >= 11 is 0. The molecule has 0 radical (unpaired) electrons. The summed E-state index contributed by atoms with van der Waals surface area (Å²) in [7, 11) is 0. The molecule has 1 fully saturated rings. The maximum Gasteiger partial charge on any atom is 0.322 e. The number of amides is 3. The van der Waals surface area contributed by atoms with Crippen molar-refractivity contribution in [3.05, 3.63) is 29.8 Å². The summed E-state index contributed by atoms with van der Waals surface area (Å²) in [5, 5.41) is 4.65. The topological polar surface area (TPSA) is 84.5 Å². The van der Waals surface area contributed by atoms with Crippen molar-refractivity contribution in [2.24, 2.45) is 0 Å². The molecule has 1 aromatic carbocycles. The zero-order chi connectivity index (χ0) is 12.0. The minimum absolute atomic E-state index is 0.193. The molecule has 6 nitrogen and oxygen atoms in total. The van der Waals surface area contributed by atoms with Crippen LogP contribution in [0, 0.1) is 0 Å². The fourth-order valence-corrected chi connectivity index (χ4v) is 2.18. The van der Waals surface area contributed by atoms with Crippen molar-refractivity contribution in [1.29, 1.82) is 0 Å². The first-order chi connectivity index (χ1) is 8.12. The number of nitrogens with one attached hydrogen (secondary N) is 2. The number of fused-ring (bicyclic) bond motifs is 2. The van der Waals surface area contributed by atoms with E-state index in [2.05, 4.69) is 10.6 Å². The second-order valence-electron chi connectivity index (χ2n) is 3.96. The first kappa shape index (κ1) is 9.83. The van der Waals surface area contributed by atoms with Crippen LogP contribution in [0.3, 0.4) is 0 Å². The van der Waals surface area contributed by atoms with E-state index in [1.54, 1.807) is 24.3 Å². The van der Waals surface area contributed by atoms with Crippen LogP contribution in [0.1, 0.15) is 12.0 Å². The largest absolute Gasteiger partial charge is 0.426 e. The van der Waals surface area contributed by atoms with E-state index in [4.69, 9.17) is 4.74 Å². The Bertz CT molecular complexity index is 554. The number of imide groups is 1. The summed E-state index contributed by atoms with van der Waals surface area (Å²) < 4.78 is 5.03. The lowest BCUT2D eigenvalue weighted by Gasteiger charge is -2.31. The number of hydrogen-bond donors (Lipinski definition) is 2. The van der Waals surface area contributed by atoms with E-state index in [-0.39, 0.29) is 6.42 Å². The smallest absolute Gasteiger partial charge is 0.322 e. The Morgan fingerprint density at radius 3 is 2.65 bits per heavy atom. The molecule has 3 rings (SSSR count). The number of rotatable bonds is 0. The zero-order valence-corrected chi connectivity index (χ0v) is 8.65. The first-order valence-corrected chi connectivity index (χ1v) is 5.06. The van der Waals surface area contributed by atoms with E-state index in [9.17, 15) is 14.4 Å². The van der Waals surface area contributed by atoms with Crippen LogP contribution < -0.4 is 15.4 Å². The van der Waals surface area contributed by atoms with Crippen LogP contribution in [0.25, 0.3) is 0 Å². The van der Waals surface area contributed by atoms with Gasteiger partial charge in [0, 0.05) is 5.56 Å². The second-order valence-corrected chi connectivity index (χ2v) is 3.96. The van der Waals surface area contributed by atoms with Gasteiger partial charge >= 0.3 is 12.0 Å². The van der Waals surface area contributed by atoms with Crippen LogP contribution in [-0.2, 0) is 15.1 Å². The minimum Gasteiger partial charge on any atom is -0.426 e. The van der Waals surface area contributed by atoms with Crippen LogP contribution >= 0.6 is 0 Å². The highest BCUT2D eigenvalue weighted by atomic mass is 16.5. The third-order valence-electron chi connectivity index (χ3n) is 2.92. The number of ether oxygens (including phenoxy) is 1. The molecule has 1 spiro atoms. The summed E-state index contributed by atoms with van der Waals surface area (Å²) in [5.74, 6) is -0.756. The van der Waals surface area contributed by atoms with E-state index in [1.807, 2.05) is 0 Å². The third kappa shape index (κ3) is 1.24. The molecular formula is C11H8N2O4. The summed E-state index contributed by atoms with van der Waals surface area (Å²) in [6.07, 6.45) is -0.193. The average molecular weight is 232 g/mol. The number of benzene rings is 1. The summed E-state index contributed by atoms with van der Waals surface area (Å²) in [6.45, 7) is 0. The Hall–Kier alpha value is -2.37. The third-order valence-corrected chi connectivity index (χ3v) is 2.92. The lowest BCUT2D eigenvalue weighted by molar-refractivity contribution is -0.141. The van der Waals surface area contributed by atoms with Gasteiger partial charge in [0.1, 0.15) is 5.75 Å². The minimum atomic E-state index is -1.32. The molecule has 0 bridgehead atoms. The van der Waals surface area contributed by atoms with Gasteiger partial charge in [-0.15, -0.1) is 0 Å². The molecule has 1 unspecified atom stereocenters. The summed E-state index contributed by atoms with van der Waals surface area (Å²) in [6, 6.07) is 6.07. The van der Waals surface area contributed by atoms with Crippen molar-refractivity contribution in [3.63, 3.8) is 0 Å². The molecule has 1 aromatic rings. The van der Waals surface area contributed by atoms with Gasteiger partial charge in [-0.25, -0.2) is 4.79 Å². The molecular weight excluding hydrogens is 224 g/mol. The summed E-state index contributed by atoms with van der Waals surface area (Å²) in [4.78, 5) is 34.6. The lowest BCUT2D eigenvalue weighted by Crippen LogP contribution is -2.48. The number of carbonyl (C=O) groups excluding carboxylic acids is 3. The van der Waals surface area contributed by atoms with Gasteiger partial charge in [0.25, 0.3) is 5.91 Å². The van der Waals surface area contributed by atoms with Crippen molar-refractivity contribution in [1.82, 2.24) is 10.6 Å². The van der Waals surface area contributed by atoms with Gasteiger partial charge in [-0.2, -0.15) is 0 Å². The Morgan fingerprint density at radius 2 is 1.94 bits per heavy atom. The van der Waals surface area contributed by atoms with E-state index < -0.39 is 23.4 Å². The van der Waals surface area contributed by atoms with Crippen molar-refractivity contribution in [2.75, 3.05) is 0 Å². The molecule has 1 saturated heterocycles. The number of urea groups is 1. The highest BCUT2D eigenvalue weighted by molar-refractivity contribution is 6.10. The maximum atomic E-state index is 11.9. The average Bonchev–Trinajstić information content (AvgIpc) is 2.54. The van der Waals surface area contributed by atoms with Gasteiger partial charge in [-0.1, -0.05) is 18.2 Å². The van der Waals surface area contributed by atoms with Gasteiger partial charge in [0.2, 0.25) is 0 Å². The molecule has 2 N–H and O–H groups in total. The Morgan fingerprint density at radius 1 is 1.18 bits per heavy atom. The fraction of sp³-hybridized carbons (Fsp3) is 0.182. The van der Waals surface area contributed by atoms with Crippen LogP contribution in [0.2, 0.25) is 0 Å². The fourth-order valence-electron chi connectivity index (χ4n) is 2.18. The molecule has 3 amide bonds. The monoisotopic (exact) mass is 232 g/mol. The normalized spacial score (nSPS) is 26.2. The SMILES string of the molecule is O=C1NC(=O)C2(CC(=O)Oc3ccccc32)N1. The molecule has 0 aliphatic carbocycles. The van der Waals surface area contributed by atoms with Crippen LogP contribution in [0.5, 0.6) is 5.75 Å². The van der Waals surface area contributed by atoms with Gasteiger partial charge < -0.3 is 10.1 Å². The molecule has 17 heavy (non-hydrogen) atoms. The molecule has 1 atom stereocenters. The van der Waals surface area contributed by atoms with Crippen molar-refractivity contribution in [2.45, 2.75) is 12.0 Å². The molecule has 2 aliphatic heterocycles. The maximum absolute atomic E-state index is 11.9. The molecule has 0 saturated carbocycles. The van der Waals surface area contributed by atoms with Gasteiger partial charge in [-0.3, -0.25) is 14.9 Å². The van der Waals surface area contributed by atoms with Crippen LogP contribution in [-0.4, -0.2) is 17.9 Å². The Labute approximate surface area is 95.9 Å². The first-order valence-electron chi connectivity index (χ1n) is 5.06. The second kappa shape index (κ2) is 3.07. The predicted molar refractivity (Wildman–Crippen MR) is 55.0 cm³/mol. The van der Waals surface area contributed by atoms with E-state index in [1.165, 1.54) is 0 Å². The molecule has 2 aliphatic rings. The van der Waals surface area contributed by atoms with E-state index in [0.29, 0.717) is 11.3 Å². The standard InChI is InChI=1S/C11H8N2O4/c14-8-5-11(9(15)12-10(16)13-11)6-3-1-2-4-7(6)17-8/h1-4H,5H2,(H2,12,13,15,16). The van der Waals surface area contributed by atoms with Gasteiger partial charge in [0.15, 0.2) is 5.54 Å². The highest BCUT2D eigenvalue weighted by Gasteiger charge is 2.53. The van der Waals surface area contributed by atoms with Crippen LogP contribution in [0.15, 0.2) is 24.3 Å². The lowest BCUT2D eigenvalue weighted by atomic mass is 9.84. The van der Waals surface area contributed by atoms with E-state index in [0.717, 1.165) is 0 Å². The number of para-hydroxylation sites is 1. The number of esters is 1. The number of hydrogen-bond acceptors (Lipinski definition) is 4.